The summed E-state index contributed by atoms with van der Waals surface area (Å²) < 4.78 is 38.5. The third kappa shape index (κ3) is 6.78. The average Bonchev–Trinajstić information content (AvgIpc) is 2.70. The van der Waals surface area contributed by atoms with Gasteiger partial charge in [0.15, 0.2) is 0 Å². The summed E-state index contributed by atoms with van der Waals surface area (Å²) in [6, 6.07) is 5.13. The molecule has 2 rings (SSSR count). The van der Waals surface area contributed by atoms with Crippen molar-refractivity contribution in [3.8, 4) is 0 Å². The van der Waals surface area contributed by atoms with Gasteiger partial charge in [0.25, 0.3) is 0 Å². The molecule has 1 fully saturated rings. The maximum absolute atomic E-state index is 12.8. The minimum absolute atomic E-state index is 0.0163. The molecule has 28 heavy (non-hydrogen) atoms. The van der Waals surface area contributed by atoms with E-state index in [1.54, 1.807) is 0 Å². The minimum Gasteiger partial charge on any atom is -0.354 e. The van der Waals surface area contributed by atoms with Crippen molar-refractivity contribution in [3.05, 3.63) is 35.4 Å². The Morgan fingerprint density at radius 1 is 1.18 bits per heavy atom. The van der Waals surface area contributed by atoms with Crippen molar-refractivity contribution in [3.63, 3.8) is 0 Å². The molecule has 1 aromatic carbocycles. The van der Waals surface area contributed by atoms with Crippen LogP contribution in [-0.2, 0) is 11.0 Å². The zero-order valence-corrected chi connectivity index (χ0v) is 16.8. The van der Waals surface area contributed by atoms with Gasteiger partial charge in [-0.15, -0.1) is 0 Å². The van der Waals surface area contributed by atoms with Gasteiger partial charge in [-0.1, -0.05) is 26.0 Å². The maximum Gasteiger partial charge on any atom is 0.416 e. The molecule has 1 aromatic rings. The zero-order valence-electron chi connectivity index (χ0n) is 16.8. The Bertz CT molecular complexity index is 594. The number of piperidine rings is 1. The highest BCUT2D eigenvalue weighted by molar-refractivity contribution is 5.75. The van der Waals surface area contributed by atoms with Crippen molar-refractivity contribution in [2.24, 2.45) is 5.92 Å². The molecule has 4 nitrogen and oxygen atoms in total. The first-order valence-electron chi connectivity index (χ1n) is 10.2. The quantitative estimate of drug-likeness (QED) is 0.660. The molecule has 0 saturated carbocycles. The monoisotopic (exact) mass is 399 g/mol. The van der Waals surface area contributed by atoms with E-state index < -0.39 is 11.7 Å². The molecule has 1 atom stereocenters. The highest BCUT2D eigenvalue weighted by Gasteiger charge is 2.30. The van der Waals surface area contributed by atoms with Crippen molar-refractivity contribution in [2.45, 2.75) is 51.7 Å². The van der Waals surface area contributed by atoms with Crippen LogP contribution in [0, 0.1) is 5.92 Å². The Balaban J connectivity index is 1.96. The van der Waals surface area contributed by atoms with Crippen molar-refractivity contribution in [2.75, 3.05) is 32.7 Å². The van der Waals surface area contributed by atoms with Gasteiger partial charge in [-0.3, -0.25) is 9.69 Å². The molecular formula is C21H32F3N3O. The Morgan fingerprint density at radius 3 is 2.32 bits per heavy atom. The summed E-state index contributed by atoms with van der Waals surface area (Å²) in [7, 11) is 0. The van der Waals surface area contributed by atoms with E-state index in [2.05, 4.69) is 15.5 Å². The fraction of sp³-hybridized carbons (Fsp3) is 0.667. The normalized spacial score (nSPS) is 16.9. The lowest BCUT2D eigenvalue weighted by atomic mass is 9.93. The van der Waals surface area contributed by atoms with Crippen molar-refractivity contribution in [1.29, 1.82) is 0 Å². The summed E-state index contributed by atoms with van der Waals surface area (Å²) in [5, 5.41) is 6.32. The van der Waals surface area contributed by atoms with E-state index in [9.17, 15) is 18.0 Å². The number of hydrogen-bond acceptors (Lipinski definition) is 3. The summed E-state index contributed by atoms with van der Waals surface area (Å²) in [5.41, 5.74) is 0.135. The summed E-state index contributed by atoms with van der Waals surface area (Å²) >= 11 is 0. The summed E-state index contributed by atoms with van der Waals surface area (Å²) in [6.45, 7) is 7.98. The van der Waals surface area contributed by atoms with Gasteiger partial charge < -0.3 is 10.6 Å². The maximum atomic E-state index is 12.8. The van der Waals surface area contributed by atoms with Gasteiger partial charge in [0.1, 0.15) is 0 Å². The van der Waals surface area contributed by atoms with Crippen LogP contribution in [0.3, 0.4) is 0 Å². The van der Waals surface area contributed by atoms with E-state index in [-0.39, 0.29) is 11.9 Å². The number of carbonyl (C=O) groups is 1. The van der Waals surface area contributed by atoms with E-state index >= 15 is 0 Å². The zero-order chi connectivity index (χ0) is 20.6. The Kier molecular flexibility index (Phi) is 8.76. The summed E-state index contributed by atoms with van der Waals surface area (Å²) in [6.07, 6.45) is -0.722. The van der Waals surface area contributed by atoms with Crippen LogP contribution in [0.2, 0.25) is 0 Å². The van der Waals surface area contributed by atoms with Crippen LogP contribution < -0.4 is 10.6 Å². The predicted molar refractivity (Wildman–Crippen MR) is 105 cm³/mol. The molecule has 0 aromatic heterocycles. The SMILES string of the molecule is CCN(CC)C(CNC(=O)CCC1CCNCC1)c1ccc(C(F)(F)F)cc1. The van der Waals surface area contributed by atoms with Crippen molar-refractivity contribution < 1.29 is 18.0 Å². The van der Waals surface area contributed by atoms with Gasteiger partial charge in [0.2, 0.25) is 5.91 Å². The second-order valence-electron chi connectivity index (χ2n) is 7.39. The van der Waals surface area contributed by atoms with Crippen LogP contribution in [-0.4, -0.2) is 43.5 Å². The van der Waals surface area contributed by atoms with Crippen LogP contribution in [0.5, 0.6) is 0 Å². The first-order chi connectivity index (χ1) is 13.3. The van der Waals surface area contributed by atoms with Crippen LogP contribution >= 0.6 is 0 Å². The van der Waals surface area contributed by atoms with Crippen LogP contribution in [0.1, 0.15) is 56.7 Å². The molecule has 158 valence electrons. The number of nitrogens with zero attached hydrogens (tertiary/aromatic N) is 1. The minimum atomic E-state index is -4.34. The molecule has 1 amide bonds. The molecule has 1 unspecified atom stereocenters. The number of rotatable bonds is 9. The van der Waals surface area contributed by atoms with Crippen LogP contribution in [0.4, 0.5) is 13.2 Å². The third-order valence-electron chi connectivity index (χ3n) is 5.61. The predicted octanol–water partition coefficient (Wildman–Crippen LogP) is 3.98. The lowest BCUT2D eigenvalue weighted by Crippen LogP contribution is -2.38. The molecule has 1 aliphatic heterocycles. The molecule has 0 bridgehead atoms. The van der Waals surface area contributed by atoms with E-state index in [0.717, 1.165) is 63.1 Å². The molecule has 1 saturated heterocycles. The number of nitrogens with one attached hydrogen (secondary N) is 2. The Labute approximate surface area is 165 Å². The van der Waals surface area contributed by atoms with Crippen LogP contribution in [0.25, 0.3) is 0 Å². The lowest BCUT2D eigenvalue weighted by Gasteiger charge is -2.30. The number of hydrogen-bond donors (Lipinski definition) is 2. The van der Waals surface area contributed by atoms with Gasteiger partial charge in [0, 0.05) is 13.0 Å². The largest absolute Gasteiger partial charge is 0.416 e. The fourth-order valence-electron chi connectivity index (χ4n) is 3.82. The van der Waals surface area contributed by atoms with E-state index in [1.165, 1.54) is 12.1 Å². The number of benzene rings is 1. The Morgan fingerprint density at radius 2 is 1.79 bits per heavy atom. The third-order valence-corrected chi connectivity index (χ3v) is 5.61. The second-order valence-corrected chi connectivity index (χ2v) is 7.39. The summed E-state index contributed by atoms with van der Waals surface area (Å²) in [4.78, 5) is 14.5. The first kappa shape index (κ1) is 22.7. The summed E-state index contributed by atoms with van der Waals surface area (Å²) in [5.74, 6) is 0.614. The van der Waals surface area contributed by atoms with Gasteiger partial charge in [0.05, 0.1) is 11.6 Å². The standard InChI is InChI=1S/C21H32F3N3O/c1-3-27(4-2)19(17-6-8-18(9-7-17)21(22,23)24)15-26-20(28)10-5-16-11-13-25-14-12-16/h6-9,16,19,25H,3-5,10-15H2,1-2H3,(H,26,28). The molecule has 2 N–H and O–H groups in total. The van der Waals surface area contributed by atoms with Gasteiger partial charge in [-0.25, -0.2) is 0 Å². The smallest absolute Gasteiger partial charge is 0.354 e. The van der Waals surface area contributed by atoms with Gasteiger partial charge >= 0.3 is 6.18 Å². The number of likely N-dealkylation sites (N-methyl/N-ethyl adjacent to an activating group) is 1. The highest BCUT2D eigenvalue weighted by atomic mass is 19.4. The van der Waals surface area contributed by atoms with Crippen LogP contribution in [0.15, 0.2) is 24.3 Å². The molecule has 0 aliphatic carbocycles. The Hall–Kier alpha value is -1.60. The lowest BCUT2D eigenvalue weighted by molar-refractivity contribution is -0.137. The van der Waals surface area contributed by atoms with E-state index in [1.807, 2.05) is 13.8 Å². The highest BCUT2D eigenvalue weighted by Crippen LogP contribution is 2.30. The molecule has 7 heteroatoms. The van der Waals surface area contributed by atoms with Crippen molar-refractivity contribution in [1.82, 2.24) is 15.5 Å². The number of amides is 1. The molecule has 1 heterocycles. The molecule has 0 spiro atoms. The molecule has 1 aliphatic rings. The van der Waals surface area contributed by atoms with Gasteiger partial charge in [-0.05, 0) is 69.1 Å². The van der Waals surface area contributed by atoms with Crippen molar-refractivity contribution >= 4 is 5.91 Å². The molecule has 0 radical (unpaired) electrons. The van der Waals surface area contributed by atoms with E-state index in [4.69, 9.17) is 0 Å². The number of alkyl halides is 3. The fourth-order valence-corrected chi connectivity index (χ4v) is 3.82. The number of halogens is 3. The first-order valence-corrected chi connectivity index (χ1v) is 10.2. The average molecular weight is 400 g/mol. The van der Waals surface area contributed by atoms with E-state index in [0.29, 0.717) is 18.9 Å². The second kappa shape index (κ2) is 10.8. The van der Waals surface area contributed by atoms with Gasteiger partial charge in [-0.2, -0.15) is 13.2 Å². The topological polar surface area (TPSA) is 44.4 Å². The molecular weight excluding hydrogens is 367 g/mol. The number of carbonyl (C=O) groups excluding carboxylic acids is 1.